The van der Waals surface area contributed by atoms with E-state index in [1.165, 1.54) is 0 Å². The lowest BCUT2D eigenvalue weighted by molar-refractivity contribution is -0.121. The molecule has 6 nitrogen and oxygen atoms in total. The maximum Gasteiger partial charge on any atom is 0.221 e. The van der Waals surface area contributed by atoms with Crippen LogP contribution in [0.4, 0.5) is 0 Å². The van der Waals surface area contributed by atoms with Crippen molar-refractivity contribution in [3.63, 3.8) is 0 Å². The van der Waals surface area contributed by atoms with Crippen LogP contribution < -0.4 is 11.1 Å². The molecule has 0 aliphatic rings. The number of nitrogens with one attached hydrogen (secondary N) is 1. The molecule has 1 atom stereocenters. The van der Waals surface area contributed by atoms with Crippen molar-refractivity contribution in [3.8, 4) is 5.82 Å². The van der Waals surface area contributed by atoms with E-state index in [2.05, 4.69) is 15.4 Å². The first-order chi connectivity index (χ1) is 9.15. The number of aromatic nitrogens is 3. The number of rotatable bonds is 5. The molecule has 1 unspecified atom stereocenters. The highest BCUT2D eigenvalue weighted by atomic mass is 35.5. The Kier molecular flexibility index (Phi) is 8.61. The maximum atomic E-state index is 11.5. The zero-order chi connectivity index (χ0) is 13.7. The molecule has 0 aliphatic heterocycles. The van der Waals surface area contributed by atoms with E-state index in [1.54, 1.807) is 17.1 Å². The summed E-state index contributed by atoms with van der Waals surface area (Å²) in [6.07, 6.45) is 5.54. The second-order valence-electron chi connectivity index (χ2n) is 4.43. The zero-order valence-electron chi connectivity index (χ0n) is 11.6. The van der Waals surface area contributed by atoms with E-state index in [1.807, 2.05) is 31.3 Å². The molecule has 0 saturated heterocycles. The van der Waals surface area contributed by atoms with E-state index in [4.69, 9.17) is 5.73 Å². The molecule has 2 aromatic heterocycles. The number of pyridine rings is 1. The summed E-state index contributed by atoms with van der Waals surface area (Å²) in [5.41, 5.74) is 6.54. The standard InChI is InChI=1S/C13H17N5O.2ClH/c1-10(14)7-13(19)16-9-11-3-5-15-12(8-11)18-6-2-4-17-18;;/h2-6,8,10H,7,9,14H2,1H3,(H,16,19);2*1H. The predicted molar refractivity (Wildman–Crippen MR) is 86.0 cm³/mol. The van der Waals surface area contributed by atoms with Gasteiger partial charge in [0, 0.05) is 37.6 Å². The van der Waals surface area contributed by atoms with Crippen LogP contribution in [0.1, 0.15) is 18.9 Å². The number of hydrogen-bond acceptors (Lipinski definition) is 4. The van der Waals surface area contributed by atoms with Crippen molar-refractivity contribution in [2.45, 2.75) is 25.9 Å². The number of carbonyl (C=O) groups excluding carboxylic acids is 1. The van der Waals surface area contributed by atoms with Crippen LogP contribution in [0.25, 0.3) is 5.82 Å². The van der Waals surface area contributed by atoms with Gasteiger partial charge in [-0.05, 0) is 30.7 Å². The highest BCUT2D eigenvalue weighted by molar-refractivity contribution is 5.85. The molecular weight excluding hydrogens is 313 g/mol. The summed E-state index contributed by atoms with van der Waals surface area (Å²) in [7, 11) is 0. The summed E-state index contributed by atoms with van der Waals surface area (Å²) in [6, 6.07) is 5.45. The number of carbonyl (C=O) groups is 1. The van der Waals surface area contributed by atoms with Crippen LogP contribution in [-0.4, -0.2) is 26.7 Å². The fourth-order valence-corrected chi connectivity index (χ4v) is 1.67. The topological polar surface area (TPSA) is 85.8 Å². The summed E-state index contributed by atoms with van der Waals surface area (Å²) >= 11 is 0. The lowest BCUT2D eigenvalue weighted by atomic mass is 10.2. The molecule has 0 aromatic carbocycles. The molecule has 0 radical (unpaired) electrons. The van der Waals surface area contributed by atoms with Gasteiger partial charge in [0.1, 0.15) is 0 Å². The van der Waals surface area contributed by atoms with E-state index >= 15 is 0 Å². The second kappa shape index (κ2) is 9.33. The van der Waals surface area contributed by atoms with E-state index in [9.17, 15) is 4.79 Å². The molecule has 8 heteroatoms. The van der Waals surface area contributed by atoms with Gasteiger partial charge in [-0.2, -0.15) is 5.10 Å². The lowest BCUT2D eigenvalue weighted by Gasteiger charge is -2.08. The van der Waals surface area contributed by atoms with Gasteiger partial charge in [0.15, 0.2) is 5.82 Å². The van der Waals surface area contributed by atoms with E-state index < -0.39 is 0 Å². The molecule has 0 bridgehead atoms. The highest BCUT2D eigenvalue weighted by Gasteiger charge is 2.05. The Bertz CT molecular complexity index is 545. The summed E-state index contributed by atoms with van der Waals surface area (Å²) in [6.45, 7) is 2.27. The largest absolute Gasteiger partial charge is 0.352 e. The Hall–Kier alpha value is -1.63. The first-order valence-electron chi connectivity index (χ1n) is 6.12. The molecule has 1 amide bonds. The van der Waals surface area contributed by atoms with Crippen LogP contribution in [0.2, 0.25) is 0 Å². The Balaban J connectivity index is 0.00000200. The van der Waals surface area contributed by atoms with Crippen LogP contribution in [0.5, 0.6) is 0 Å². The number of amides is 1. The zero-order valence-corrected chi connectivity index (χ0v) is 13.2. The van der Waals surface area contributed by atoms with Crippen LogP contribution in [0, 0.1) is 0 Å². The SMILES string of the molecule is CC(N)CC(=O)NCc1ccnc(-n2cccn2)c1.Cl.Cl. The third-order valence-electron chi connectivity index (χ3n) is 2.55. The highest BCUT2D eigenvalue weighted by Crippen LogP contribution is 2.06. The van der Waals surface area contributed by atoms with Crippen LogP contribution >= 0.6 is 24.8 Å². The Morgan fingerprint density at radius 1 is 1.43 bits per heavy atom. The van der Waals surface area contributed by atoms with Gasteiger partial charge in [0.05, 0.1) is 0 Å². The normalized spacial score (nSPS) is 11.0. The van der Waals surface area contributed by atoms with E-state index in [-0.39, 0.29) is 36.8 Å². The Labute approximate surface area is 135 Å². The number of nitrogens with zero attached hydrogens (tertiary/aromatic N) is 3. The van der Waals surface area contributed by atoms with Gasteiger partial charge < -0.3 is 11.1 Å². The maximum absolute atomic E-state index is 11.5. The third-order valence-corrected chi connectivity index (χ3v) is 2.55. The van der Waals surface area contributed by atoms with Crippen LogP contribution in [0.3, 0.4) is 0 Å². The van der Waals surface area contributed by atoms with Gasteiger partial charge in [-0.3, -0.25) is 4.79 Å². The van der Waals surface area contributed by atoms with Crippen molar-refractivity contribution in [2.24, 2.45) is 5.73 Å². The molecule has 0 fully saturated rings. The predicted octanol–water partition coefficient (Wildman–Crippen LogP) is 1.46. The third kappa shape index (κ3) is 6.12. The van der Waals surface area contributed by atoms with E-state index in [0.29, 0.717) is 13.0 Å². The van der Waals surface area contributed by atoms with E-state index in [0.717, 1.165) is 11.4 Å². The smallest absolute Gasteiger partial charge is 0.221 e. The summed E-state index contributed by atoms with van der Waals surface area (Å²) in [4.78, 5) is 15.7. The fourth-order valence-electron chi connectivity index (χ4n) is 1.67. The van der Waals surface area contributed by atoms with Gasteiger partial charge in [-0.1, -0.05) is 0 Å². The number of halogens is 2. The average Bonchev–Trinajstić information content (AvgIpc) is 2.90. The second-order valence-corrected chi connectivity index (χ2v) is 4.43. The Morgan fingerprint density at radius 3 is 2.81 bits per heavy atom. The van der Waals surface area contributed by atoms with Gasteiger partial charge in [-0.25, -0.2) is 9.67 Å². The van der Waals surface area contributed by atoms with Crippen molar-refractivity contribution in [1.29, 1.82) is 0 Å². The first-order valence-corrected chi connectivity index (χ1v) is 6.12. The van der Waals surface area contributed by atoms with Gasteiger partial charge in [-0.15, -0.1) is 24.8 Å². The Morgan fingerprint density at radius 2 is 2.19 bits per heavy atom. The summed E-state index contributed by atoms with van der Waals surface area (Å²) in [5.74, 6) is 0.677. The van der Waals surface area contributed by atoms with Crippen LogP contribution in [-0.2, 0) is 11.3 Å². The first kappa shape index (κ1) is 19.4. The van der Waals surface area contributed by atoms with Crippen molar-refractivity contribution in [2.75, 3.05) is 0 Å². The minimum absolute atomic E-state index is 0. The molecule has 0 saturated carbocycles. The van der Waals surface area contributed by atoms with Crippen molar-refractivity contribution < 1.29 is 4.79 Å². The molecule has 0 aliphatic carbocycles. The average molecular weight is 332 g/mol. The summed E-state index contributed by atoms with van der Waals surface area (Å²) < 4.78 is 1.67. The monoisotopic (exact) mass is 331 g/mol. The fraction of sp³-hybridized carbons (Fsp3) is 0.308. The molecule has 2 rings (SSSR count). The van der Waals surface area contributed by atoms with Gasteiger partial charge in [0.25, 0.3) is 0 Å². The molecule has 116 valence electrons. The molecular formula is C13H19Cl2N5O. The minimum Gasteiger partial charge on any atom is -0.352 e. The van der Waals surface area contributed by atoms with Gasteiger partial charge in [0.2, 0.25) is 5.91 Å². The van der Waals surface area contributed by atoms with Crippen molar-refractivity contribution in [1.82, 2.24) is 20.1 Å². The quantitative estimate of drug-likeness (QED) is 0.868. The van der Waals surface area contributed by atoms with Crippen molar-refractivity contribution in [3.05, 3.63) is 42.4 Å². The minimum atomic E-state index is -0.128. The van der Waals surface area contributed by atoms with Gasteiger partial charge >= 0.3 is 0 Å². The number of hydrogen-bond donors (Lipinski definition) is 2. The molecule has 2 aromatic rings. The molecule has 3 N–H and O–H groups in total. The van der Waals surface area contributed by atoms with Crippen LogP contribution in [0.15, 0.2) is 36.8 Å². The molecule has 0 spiro atoms. The number of nitrogens with two attached hydrogens (primary N) is 1. The lowest BCUT2D eigenvalue weighted by Crippen LogP contribution is -2.29. The van der Waals surface area contributed by atoms with Crippen molar-refractivity contribution >= 4 is 30.7 Å². The summed E-state index contributed by atoms with van der Waals surface area (Å²) in [5, 5.41) is 6.94. The molecule has 2 heterocycles. The molecule has 21 heavy (non-hydrogen) atoms.